The maximum Gasteiger partial charge on any atom is 0.101 e. The number of hydrogen-bond donors (Lipinski definition) is 0. The van der Waals surface area contributed by atoms with Crippen molar-refractivity contribution in [2.24, 2.45) is 0 Å². The van der Waals surface area contributed by atoms with E-state index in [-0.39, 0.29) is 0 Å². The summed E-state index contributed by atoms with van der Waals surface area (Å²) in [6.07, 6.45) is 6.37. The number of aromatic nitrogens is 3. The minimum absolute atomic E-state index is 0.481. The second-order valence-corrected chi connectivity index (χ2v) is 7.58. The molecular formula is C24H22N4. The van der Waals surface area contributed by atoms with Crippen molar-refractivity contribution in [2.45, 2.75) is 45.6 Å². The molecule has 4 heteroatoms. The molecule has 1 aliphatic rings. The van der Waals surface area contributed by atoms with Gasteiger partial charge in [0, 0.05) is 16.3 Å². The van der Waals surface area contributed by atoms with Crippen LogP contribution in [0.15, 0.2) is 42.6 Å². The molecule has 138 valence electrons. The van der Waals surface area contributed by atoms with E-state index in [0.29, 0.717) is 11.6 Å². The van der Waals surface area contributed by atoms with Gasteiger partial charge in [-0.25, -0.2) is 0 Å². The maximum absolute atomic E-state index is 9.13. The SMILES string of the molecule is CCc1cc2ncc3c(c(-c4ccc(C#N)cc4)nn3C3CC3)c2cc1CC. The summed E-state index contributed by atoms with van der Waals surface area (Å²) in [4.78, 5) is 4.79. The first-order valence-electron chi connectivity index (χ1n) is 10.1. The van der Waals surface area contributed by atoms with Crippen molar-refractivity contribution in [3.8, 4) is 17.3 Å². The number of rotatable bonds is 4. The number of benzene rings is 2. The van der Waals surface area contributed by atoms with Crippen molar-refractivity contribution in [1.29, 1.82) is 5.26 Å². The van der Waals surface area contributed by atoms with Crippen molar-refractivity contribution in [2.75, 3.05) is 0 Å². The molecule has 0 bridgehead atoms. The minimum Gasteiger partial charge on any atom is -0.260 e. The third-order valence-corrected chi connectivity index (χ3v) is 5.80. The van der Waals surface area contributed by atoms with E-state index in [9.17, 15) is 0 Å². The molecule has 1 fully saturated rings. The Hall–Kier alpha value is -3.19. The fourth-order valence-electron chi connectivity index (χ4n) is 4.11. The summed E-state index contributed by atoms with van der Waals surface area (Å²) in [5, 5.41) is 16.5. The lowest BCUT2D eigenvalue weighted by molar-refractivity contribution is 0.667. The Morgan fingerprint density at radius 1 is 1.07 bits per heavy atom. The summed E-state index contributed by atoms with van der Waals surface area (Å²) < 4.78 is 2.16. The maximum atomic E-state index is 9.13. The van der Waals surface area contributed by atoms with Gasteiger partial charge in [0.05, 0.1) is 34.9 Å². The number of fused-ring (bicyclic) bond motifs is 3. The standard InChI is InChI=1S/C24H22N4/c1-3-16-11-20-21(12-17(16)4-2)26-14-22-23(20)24(27-28(22)19-9-10-19)18-7-5-15(13-25)6-8-18/h5-8,11-12,14,19H,3-4,9-10H2,1-2H3. The van der Waals surface area contributed by atoms with Crippen molar-refractivity contribution >= 4 is 21.8 Å². The molecule has 5 rings (SSSR count). The molecule has 28 heavy (non-hydrogen) atoms. The van der Waals surface area contributed by atoms with Crippen molar-refractivity contribution in [3.63, 3.8) is 0 Å². The van der Waals surface area contributed by atoms with Crippen LogP contribution in [0.5, 0.6) is 0 Å². The monoisotopic (exact) mass is 366 g/mol. The van der Waals surface area contributed by atoms with Gasteiger partial charge in [-0.3, -0.25) is 9.67 Å². The smallest absolute Gasteiger partial charge is 0.101 e. The Labute approximate surface area is 164 Å². The second-order valence-electron chi connectivity index (χ2n) is 7.58. The van der Waals surface area contributed by atoms with Crippen LogP contribution < -0.4 is 0 Å². The number of aryl methyl sites for hydroxylation is 2. The molecule has 2 aromatic heterocycles. The van der Waals surface area contributed by atoms with E-state index >= 15 is 0 Å². The molecule has 0 unspecified atom stereocenters. The average Bonchev–Trinajstić information content (AvgIpc) is 3.52. The molecule has 4 aromatic rings. The van der Waals surface area contributed by atoms with Crippen LogP contribution in [-0.4, -0.2) is 14.8 Å². The van der Waals surface area contributed by atoms with Crippen LogP contribution in [0.1, 0.15) is 49.4 Å². The van der Waals surface area contributed by atoms with Gasteiger partial charge in [0.1, 0.15) is 5.69 Å². The lowest BCUT2D eigenvalue weighted by atomic mass is 9.97. The van der Waals surface area contributed by atoms with Gasteiger partial charge in [0.15, 0.2) is 0 Å². The Kier molecular flexibility index (Phi) is 3.91. The average molecular weight is 366 g/mol. The number of nitrogens with zero attached hydrogens (tertiary/aromatic N) is 4. The molecule has 0 N–H and O–H groups in total. The second kappa shape index (κ2) is 6.45. The molecule has 0 amide bonds. The summed E-state index contributed by atoms with van der Waals surface area (Å²) in [6, 6.07) is 15.0. The van der Waals surface area contributed by atoms with Crippen molar-refractivity contribution in [1.82, 2.24) is 14.8 Å². The topological polar surface area (TPSA) is 54.5 Å². The van der Waals surface area contributed by atoms with Crippen LogP contribution in [0.3, 0.4) is 0 Å². The first kappa shape index (κ1) is 16.9. The minimum atomic E-state index is 0.481. The van der Waals surface area contributed by atoms with Gasteiger partial charge in [-0.05, 0) is 61.1 Å². The highest BCUT2D eigenvalue weighted by Crippen LogP contribution is 2.41. The third-order valence-electron chi connectivity index (χ3n) is 5.80. The highest BCUT2D eigenvalue weighted by atomic mass is 15.3. The Bertz CT molecular complexity index is 1240. The highest BCUT2D eigenvalue weighted by Gasteiger charge is 2.28. The fraction of sp³-hybridized carbons (Fsp3) is 0.292. The predicted octanol–water partition coefficient (Wildman–Crippen LogP) is 5.58. The van der Waals surface area contributed by atoms with Crippen molar-refractivity contribution < 1.29 is 0 Å². The summed E-state index contributed by atoms with van der Waals surface area (Å²) in [6.45, 7) is 4.41. The van der Waals surface area contributed by atoms with E-state index in [1.807, 2.05) is 30.5 Å². The zero-order valence-corrected chi connectivity index (χ0v) is 16.2. The molecule has 0 radical (unpaired) electrons. The molecule has 4 nitrogen and oxygen atoms in total. The largest absolute Gasteiger partial charge is 0.260 e. The fourth-order valence-corrected chi connectivity index (χ4v) is 4.11. The normalized spacial score (nSPS) is 13.9. The molecule has 0 saturated heterocycles. The molecule has 2 aromatic carbocycles. The van der Waals surface area contributed by atoms with E-state index in [1.165, 1.54) is 34.7 Å². The lowest BCUT2D eigenvalue weighted by Crippen LogP contribution is -1.97. The summed E-state index contributed by atoms with van der Waals surface area (Å²) in [5.74, 6) is 0. The van der Waals surface area contributed by atoms with Gasteiger partial charge in [-0.1, -0.05) is 26.0 Å². The summed E-state index contributed by atoms with van der Waals surface area (Å²) in [5.41, 5.74) is 7.61. The summed E-state index contributed by atoms with van der Waals surface area (Å²) in [7, 11) is 0. The predicted molar refractivity (Wildman–Crippen MR) is 112 cm³/mol. The van der Waals surface area contributed by atoms with Gasteiger partial charge >= 0.3 is 0 Å². The van der Waals surface area contributed by atoms with Gasteiger partial charge in [0.25, 0.3) is 0 Å². The van der Waals surface area contributed by atoms with Crippen LogP contribution in [0.25, 0.3) is 33.1 Å². The van der Waals surface area contributed by atoms with E-state index in [0.717, 1.165) is 35.1 Å². The highest BCUT2D eigenvalue weighted by molar-refractivity contribution is 6.11. The molecule has 0 atom stereocenters. The molecule has 1 aliphatic carbocycles. The third kappa shape index (κ3) is 2.58. The van der Waals surface area contributed by atoms with Crippen LogP contribution in [0, 0.1) is 11.3 Å². The molecule has 0 aliphatic heterocycles. The van der Waals surface area contributed by atoms with Crippen molar-refractivity contribution in [3.05, 3.63) is 59.3 Å². The van der Waals surface area contributed by atoms with Gasteiger partial charge < -0.3 is 0 Å². The zero-order chi connectivity index (χ0) is 19.3. The van der Waals surface area contributed by atoms with Gasteiger partial charge in [-0.15, -0.1) is 0 Å². The van der Waals surface area contributed by atoms with E-state index in [4.69, 9.17) is 15.3 Å². The Balaban J connectivity index is 1.85. The van der Waals surface area contributed by atoms with Crippen LogP contribution in [0.2, 0.25) is 0 Å². The van der Waals surface area contributed by atoms with E-state index in [1.54, 1.807) is 0 Å². The molecule has 1 saturated carbocycles. The van der Waals surface area contributed by atoms with E-state index < -0.39 is 0 Å². The van der Waals surface area contributed by atoms with Crippen LogP contribution >= 0.6 is 0 Å². The Morgan fingerprint density at radius 3 is 2.43 bits per heavy atom. The number of hydrogen-bond acceptors (Lipinski definition) is 3. The lowest BCUT2D eigenvalue weighted by Gasteiger charge is -2.10. The van der Waals surface area contributed by atoms with Gasteiger partial charge in [-0.2, -0.15) is 10.4 Å². The number of pyridine rings is 1. The first-order chi connectivity index (χ1) is 13.7. The van der Waals surface area contributed by atoms with E-state index in [2.05, 4.69) is 36.7 Å². The zero-order valence-electron chi connectivity index (χ0n) is 16.2. The van der Waals surface area contributed by atoms with Gasteiger partial charge in [0.2, 0.25) is 0 Å². The first-order valence-corrected chi connectivity index (χ1v) is 10.1. The van der Waals surface area contributed by atoms with Crippen LogP contribution in [0.4, 0.5) is 0 Å². The quantitative estimate of drug-likeness (QED) is 0.473. The molecule has 2 heterocycles. The van der Waals surface area contributed by atoms with Crippen LogP contribution in [-0.2, 0) is 12.8 Å². The molecular weight excluding hydrogens is 344 g/mol. The summed E-state index contributed by atoms with van der Waals surface area (Å²) >= 11 is 0. The Morgan fingerprint density at radius 2 is 1.79 bits per heavy atom. The molecule has 0 spiro atoms. The number of nitriles is 1.